The van der Waals surface area contributed by atoms with E-state index in [1.54, 1.807) is 29.2 Å². The lowest BCUT2D eigenvalue weighted by atomic mass is 10.1. The number of carbonyl (C=O) groups is 3. The molecule has 3 rings (SSSR count). The second kappa shape index (κ2) is 6.84. The number of carboxylic acids is 1. The van der Waals surface area contributed by atoms with Gasteiger partial charge in [-0.1, -0.05) is 12.1 Å². The highest BCUT2D eigenvalue weighted by molar-refractivity contribution is 6.15. The fourth-order valence-electron chi connectivity index (χ4n) is 2.73. The minimum atomic E-state index is -1.10. The van der Waals surface area contributed by atoms with Crippen LogP contribution >= 0.6 is 0 Å². The first-order valence-corrected chi connectivity index (χ1v) is 8.06. The van der Waals surface area contributed by atoms with Crippen molar-refractivity contribution in [3.05, 3.63) is 64.9 Å². The number of amides is 1. The highest BCUT2D eigenvalue weighted by atomic mass is 16.5. The molecule has 0 aromatic heterocycles. The first kappa shape index (κ1) is 17.4. The maximum Gasteiger partial charge on any atom is 0.335 e. The molecule has 1 heterocycles. The third kappa shape index (κ3) is 3.21. The van der Waals surface area contributed by atoms with Crippen LogP contribution in [0.2, 0.25) is 0 Å². The van der Waals surface area contributed by atoms with Gasteiger partial charge in [-0.25, -0.2) is 4.79 Å². The van der Waals surface area contributed by atoms with Crippen LogP contribution in [-0.2, 0) is 4.79 Å². The molecule has 2 aromatic carbocycles. The lowest BCUT2D eigenvalue weighted by Gasteiger charge is -2.22. The lowest BCUT2D eigenvalue weighted by molar-refractivity contribution is -0.107. The molecule has 2 aromatic rings. The molecule has 1 aliphatic heterocycles. The summed E-state index contributed by atoms with van der Waals surface area (Å²) in [5.41, 5.74) is 1.66. The average Bonchev–Trinajstić information content (AvgIpc) is 2.91. The highest BCUT2D eigenvalue weighted by Gasteiger charge is 2.28. The van der Waals surface area contributed by atoms with Crippen molar-refractivity contribution in [2.45, 2.75) is 19.9 Å². The molecule has 6 nitrogen and oxygen atoms in total. The number of aromatic carboxylic acids is 1. The standard InChI is InChI=1S/C20H17NO5/c1-12(2)21(11-22)15-5-3-4-13(8-15)9-18-19(23)16-10-14(20(24)25)6-7-17(16)26-18/h3-12H,1-2H3,(H,24,25). The van der Waals surface area contributed by atoms with Gasteiger partial charge in [-0.05, 0) is 55.8 Å². The molecule has 6 heteroatoms. The number of carbonyl (C=O) groups excluding carboxylic acids is 2. The van der Waals surface area contributed by atoms with Crippen LogP contribution < -0.4 is 9.64 Å². The first-order valence-electron chi connectivity index (χ1n) is 8.06. The van der Waals surface area contributed by atoms with Gasteiger partial charge < -0.3 is 14.7 Å². The van der Waals surface area contributed by atoms with Crippen LogP contribution in [0.5, 0.6) is 5.75 Å². The SMILES string of the molecule is CC(C)N(C=O)c1cccc(C=C2Oc3ccc(C(=O)O)cc3C2=O)c1. The van der Waals surface area contributed by atoms with Crippen molar-refractivity contribution in [1.29, 1.82) is 0 Å². The van der Waals surface area contributed by atoms with Gasteiger partial charge >= 0.3 is 5.97 Å². The molecule has 0 radical (unpaired) electrons. The summed E-state index contributed by atoms with van der Waals surface area (Å²) in [5, 5.41) is 9.05. The second-order valence-electron chi connectivity index (χ2n) is 6.16. The molecule has 1 aliphatic rings. The third-order valence-electron chi connectivity index (χ3n) is 4.05. The van der Waals surface area contributed by atoms with E-state index < -0.39 is 5.97 Å². The molecular formula is C20H17NO5. The van der Waals surface area contributed by atoms with Crippen LogP contribution in [0.4, 0.5) is 5.69 Å². The molecule has 0 saturated carbocycles. The average molecular weight is 351 g/mol. The Morgan fingerprint density at radius 2 is 1.96 bits per heavy atom. The second-order valence-corrected chi connectivity index (χ2v) is 6.16. The van der Waals surface area contributed by atoms with Gasteiger partial charge in [0.05, 0.1) is 11.1 Å². The molecular weight excluding hydrogens is 334 g/mol. The van der Waals surface area contributed by atoms with Crippen LogP contribution in [0.25, 0.3) is 6.08 Å². The summed E-state index contributed by atoms with van der Waals surface area (Å²) in [6.07, 6.45) is 2.34. The van der Waals surface area contributed by atoms with Gasteiger partial charge in [-0.3, -0.25) is 9.59 Å². The van der Waals surface area contributed by atoms with E-state index in [4.69, 9.17) is 9.84 Å². The van der Waals surface area contributed by atoms with Gasteiger partial charge in [0.25, 0.3) is 0 Å². The molecule has 1 N–H and O–H groups in total. The summed E-state index contributed by atoms with van der Waals surface area (Å²) in [6.45, 7) is 3.81. The Balaban J connectivity index is 1.93. The van der Waals surface area contributed by atoms with Crippen molar-refractivity contribution in [2.24, 2.45) is 0 Å². The van der Waals surface area contributed by atoms with Crippen molar-refractivity contribution < 1.29 is 24.2 Å². The third-order valence-corrected chi connectivity index (χ3v) is 4.05. The van der Waals surface area contributed by atoms with Gasteiger partial charge in [-0.15, -0.1) is 0 Å². The number of ketones is 1. The first-order chi connectivity index (χ1) is 12.4. The number of rotatable bonds is 5. The van der Waals surface area contributed by atoms with E-state index in [9.17, 15) is 14.4 Å². The summed E-state index contributed by atoms with van der Waals surface area (Å²) in [4.78, 5) is 36.4. The van der Waals surface area contributed by atoms with E-state index in [0.717, 1.165) is 6.41 Å². The topological polar surface area (TPSA) is 83.9 Å². The molecule has 0 unspecified atom stereocenters. The predicted molar refractivity (Wildman–Crippen MR) is 96.5 cm³/mol. The number of fused-ring (bicyclic) bond motifs is 1. The number of Topliss-reactive ketones (excluding diaryl/α,β-unsaturated/α-hetero) is 1. The Kier molecular flexibility index (Phi) is 4.58. The highest BCUT2D eigenvalue weighted by Crippen LogP contribution is 2.33. The molecule has 0 aliphatic carbocycles. The molecule has 0 atom stereocenters. The Hall–Kier alpha value is -3.41. The van der Waals surface area contributed by atoms with Crippen molar-refractivity contribution >= 4 is 29.9 Å². The van der Waals surface area contributed by atoms with Gasteiger partial charge in [0.2, 0.25) is 12.2 Å². The summed E-state index contributed by atoms with van der Waals surface area (Å²) in [6, 6.07) is 11.3. The van der Waals surface area contributed by atoms with E-state index >= 15 is 0 Å². The molecule has 26 heavy (non-hydrogen) atoms. The normalized spacial score (nSPS) is 14.3. The predicted octanol–water partition coefficient (Wildman–Crippen LogP) is 3.37. The van der Waals surface area contributed by atoms with Crippen molar-refractivity contribution in [1.82, 2.24) is 0 Å². The smallest absolute Gasteiger partial charge is 0.335 e. The summed E-state index contributed by atoms with van der Waals surface area (Å²) in [7, 11) is 0. The number of benzene rings is 2. The van der Waals surface area contributed by atoms with Crippen molar-refractivity contribution in [2.75, 3.05) is 4.90 Å². The number of anilines is 1. The quantitative estimate of drug-likeness (QED) is 0.659. The van der Waals surface area contributed by atoms with Crippen LogP contribution in [0.3, 0.4) is 0 Å². The Morgan fingerprint density at radius 3 is 2.62 bits per heavy atom. The van der Waals surface area contributed by atoms with Gasteiger partial charge in [0.15, 0.2) is 5.76 Å². The molecule has 0 fully saturated rings. The van der Waals surface area contributed by atoms with Crippen LogP contribution in [-0.4, -0.2) is 29.3 Å². The minimum absolute atomic E-state index is 0.00143. The summed E-state index contributed by atoms with van der Waals surface area (Å²) < 4.78 is 5.57. The fourth-order valence-corrected chi connectivity index (χ4v) is 2.73. The van der Waals surface area contributed by atoms with E-state index in [0.29, 0.717) is 17.0 Å². The maximum atomic E-state index is 12.5. The fraction of sp³-hybridized carbons (Fsp3) is 0.150. The maximum absolute atomic E-state index is 12.5. The zero-order chi connectivity index (χ0) is 18.8. The van der Waals surface area contributed by atoms with E-state index in [1.807, 2.05) is 19.9 Å². The van der Waals surface area contributed by atoms with E-state index in [2.05, 4.69) is 0 Å². The summed E-state index contributed by atoms with van der Waals surface area (Å²) >= 11 is 0. The minimum Gasteiger partial charge on any atom is -0.478 e. The lowest BCUT2D eigenvalue weighted by Crippen LogP contribution is -2.28. The van der Waals surface area contributed by atoms with Crippen molar-refractivity contribution in [3.8, 4) is 5.75 Å². The molecule has 0 bridgehead atoms. The van der Waals surface area contributed by atoms with Crippen LogP contribution in [0, 0.1) is 0 Å². The molecule has 132 valence electrons. The van der Waals surface area contributed by atoms with Crippen LogP contribution in [0.1, 0.15) is 40.1 Å². The Labute approximate surface area is 150 Å². The van der Waals surface area contributed by atoms with Gasteiger partial charge in [0.1, 0.15) is 5.75 Å². The summed E-state index contributed by atoms with van der Waals surface area (Å²) in [5.74, 6) is -1.03. The monoisotopic (exact) mass is 351 g/mol. The van der Waals surface area contributed by atoms with Crippen molar-refractivity contribution in [3.63, 3.8) is 0 Å². The number of hydrogen-bond acceptors (Lipinski definition) is 4. The molecule has 1 amide bonds. The molecule has 0 saturated heterocycles. The van der Waals surface area contributed by atoms with Gasteiger partial charge in [0, 0.05) is 11.7 Å². The van der Waals surface area contributed by atoms with Gasteiger partial charge in [-0.2, -0.15) is 0 Å². The van der Waals surface area contributed by atoms with Crippen LogP contribution in [0.15, 0.2) is 48.2 Å². The van der Waals surface area contributed by atoms with E-state index in [-0.39, 0.29) is 28.7 Å². The Bertz CT molecular complexity index is 930. The molecule has 0 spiro atoms. The number of carboxylic acid groups (broad SMARTS) is 1. The Morgan fingerprint density at radius 1 is 1.19 bits per heavy atom. The zero-order valence-corrected chi connectivity index (χ0v) is 14.3. The zero-order valence-electron chi connectivity index (χ0n) is 14.3. The number of allylic oxidation sites excluding steroid dienone is 1. The number of nitrogens with zero attached hydrogens (tertiary/aromatic N) is 1. The largest absolute Gasteiger partial charge is 0.478 e. The van der Waals surface area contributed by atoms with E-state index in [1.165, 1.54) is 18.2 Å². The number of hydrogen-bond donors (Lipinski definition) is 1. The number of ether oxygens (including phenoxy) is 1.